The van der Waals surface area contributed by atoms with Gasteiger partial charge in [0, 0.05) is 32.5 Å². The van der Waals surface area contributed by atoms with Crippen molar-refractivity contribution in [1.82, 2.24) is 24.9 Å². The maximum absolute atomic E-state index is 12.2. The van der Waals surface area contributed by atoms with Crippen LogP contribution in [0.1, 0.15) is 17.9 Å². The van der Waals surface area contributed by atoms with Crippen LogP contribution in [0.15, 0.2) is 24.5 Å². The SMILES string of the molecule is Cn1ccc(CNCc2ccn(C(F)F)n2)n1. The third kappa shape index (κ3) is 3.10. The molecule has 0 fully saturated rings. The van der Waals surface area contributed by atoms with Crippen LogP contribution in [0.4, 0.5) is 8.78 Å². The number of alkyl halides is 2. The van der Waals surface area contributed by atoms with Gasteiger partial charge in [-0.1, -0.05) is 0 Å². The summed E-state index contributed by atoms with van der Waals surface area (Å²) in [6.45, 7) is -1.56. The summed E-state index contributed by atoms with van der Waals surface area (Å²) in [5, 5.41) is 11.0. The molecule has 1 N–H and O–H groups in total. The van der Waals surface area contributed by atoms with Gasteiger partial charge in [0.05, 0.1) is 11.4 Å². The lowest BCUT2D eigenvalue weighted by molar-refractivity contribution is 0.0561. The highest BCUT2D eigenvalue weighted by molar-refractivity contribution is 5.01. The fraction of sp³-hybridized carbons (Fsp3) is 0.400. The number of hydrogen-bond acceptors (Lipinski definition) is 3. The molecular weight excluding hydrogens is 228 g/mol. The lowest BCUT2D eigenvalue weighted by Crippen LogP contribution is -2.14. The molecule has 2 aromatic rings. The van der Waals surface area contributed by atoms with Gasteiger partial charge in [-0.2, -0.15) is 19.0 Å². The van der Waals surface area contributed by atoms with Crippen LogP contribution >= 0.6 is 0 Å². The number of rotatable bonds is 5. The second kappa shape index (κ2) is 5.05. The first kappa shape index (κ1) is 11.7. The summed E-state index contributed by atoms with van der Waals surface area (Å²) in [5.41, 5.74) is 1.49. The number of nitrogens with one attached hydrogen (secondary N) is 1. The van der Waals surface area contributed by atoms with Crippen LogP contribution in [0.3, 0.4) is 0 Å². The second-order valence-corrected chi connectivity index (χ2v) is 3.65. The lowest BCUT2D eigenvalue weighted by atomic mass is 10.4. The highest BCUT2D eigenvalue weighted by atomic mass is 19.3. The van der Waals surface area contributed by atoms with E-state index in [4.69, 9.17) is 0 Å². The molecule has 0 saturated heterocycles. The van der Waals surface area contributed by atoms with E-state index < -0.39 is 6.55 Å². The van der Waals surface area contributed by atoms with E-state index in [9.17, 15) is 8.78 Å². The first-order chi connectivity index (χ1) is 8.15. The Morgan fingerprint density at radius 2 is 1.82 bits per heavy atom. The fourth-order valence-corrected chi connectivity index (χ4v) is 1.46. The average molecular weight is 241 g/mol. The molecule has 5 nitrogen and oxygen atoms in total. The largest absolute Gasteiger partial charge is 0.333 e. The minimum atomic E-state index is -2.58. The van der Waals surface area contributed by atoms with Crippen molar-refractivity contribution in [3.8, 4) is 0 Å². The summed E-state index contributed by atoms with van der Waals surface area (Å²) in [4.78, 5) is 0. The number of aryl methyl sites for hydroxylation is 1. The summed E-state index contributed by atoms with van der Waals surface area (Å²) in [5.74, 6) is 0. The topological polar surface area (TPSA) is 47.7 Å². The minimum Gasteiger partial charge on any atom is -0.305 e. The van der Waals surface area contributed by atoms with Crippen LogP contribution in [-0.2, 0) is 20.1 Å². The molecule has 0 saturated carbocycles. The van der Waals surface area contributed by atoms with Crippen molar-refractivity contribution in [2.24, 2.45) is 7.05 Å². The van der Waals surface area contributed by atoms with E-state index in [1.165, 1.54) is 6.20 Å². The van der Waals surface area contributed by atoms with Crippen molar-refractivity contribution < 1.29 is 8.78 Å². The summed E-state index contributed by atoms with van der Waals surface area (Å²) < 4.78 is 26.8. The van der Waals surface area contributed by atoms with Gasteiger partial charge in [-0.15, -0.1) is 0 Å². The first-order valence-electron chi connectivity index (χ1n) is 5.16. The third-order valence-electron chi connectivity index (χ3n) is 2.24. The normalized spacial score (nSPS) is 11.3. The molecule has 0 spiro atoms. The van der Waals surface area contributed by atoms with Gasteiger partial charge in [0.2, 0.25) is 0 Å². The van der Waals surface area contributed by atoms with Gasteiger partial charge < -0.3 is 5.32 Å². The van der Waals surface area contributed by atoms with E-state index in [0.717, 1.165) is 5.69 Å². The summed E-state index contributed by atoms with van der Waals surface area (Å²) in [7, 11) is 1.84. The number of aromatic nitrogens is 4. The van der Waals surface area contributed by atoms with Gasteiger partial charge in [0.15, 0.2) is 0 Å². The molecule has 2 heterocycles. The van der Waals surface area contributed by atoms with Crippen molar-refractivity contribution in [1.29, 1.82) is 0 Å². The van der Waals surface area contributed by atoms with Crippen molar-refractivity contribution in [3.05, 3.63) is 35.9 Å². The Balaban J connectivity index is 1.81. The smallest absolute Gasteiger partial charge is 0.305 e. The predicted molar refractivity (Wildman–Crippen MR) is 57.2 cm³/mol. The molecule has 7 heteroatoms. The fourth-order valence-electron chi connectivity index (χ4n) is 1.46. The Morgan fingerprint density at radius 1 is 1.18 bits per heavy atom. The van der Waals surface area contributed by atoms with Crippen molar-refractivity contribution >= 4 is 0 Å². The molecule has 17 heavy (non-hydrogen) atoms. The van der Waals surface area contributed by atoms with E-state index in [0.29, 0.717) is 23.5 Å². The van der Waals surface area contributed by atoms with E-state index in [1.807, 2.05) is 19.3 Å². The zero-order valence-corrected chi connectivity index (χ0v) is 9.35. The Bertz CT molecular complexity index is 477. The standard InChI is InChI=1S/C10H13F2N5/c1-16-4-2-8(14-16)6-13-7-9-3-5-17(15-9)10(11)12/h2-5,10,13H,6-7H2,1H3. The van der Waals surface area contributed by atoms with Crippen LogP contribution < -0.4 is 5.32 Å². The minimum absolute atomic E-state index is 0.441. The van der Waals surface area contributed by atoms with Gasteiger partial charge in [0.25, 0.3) is 0 Å². The van der Waals surface area contributed by atoms with Gasteiger partial charge in [-0.3, -0.25) is 4.68 Å². The van der Waals surface area contributed by atoms with E-state index in [1.54, 1.807) is 10.7 Å². The average Bonchev–Trinajstić information content (AvgIpc) is 2.88. The van der Waals surface area contributed by atoms with E-state index in [2.05, 4.69) is 15.5 Å². The zero-order chi connectivity index (χ0) is 12.3. The molecule has 92 valence electrons. The number of nitrogens with zero attached hydrogens (tertiary/aromatic N) is 4. The van der Waals surface area contributed by atoms with Gasteiger partial charge >= 0.3 is 6.55 Å². The summed E-state index contributed by atoms with van der Waals surface area (Å²) >= 11 is 0. The molecule has 0 aliphatic rings. The highest BCUT2D eigenvalue weighted by Gasteiger charge is 2.07. The van der Waals surface area contributed by atoms with Gasteiger partial charge in [-0.05, 0) is 12.1 Å². The molecule has 0 aliphatic heterocycles. The molecule has 0 unspecified atom stereocenters. The van der Waals surface area contributed by atoms with E-state index in [-0.39, 0.29) is 0 Å². The molecule has 0 aliphatic carbocycles. The Labute approximate surface area is 97.0 Å². The molecular formula is C10H13F2N5. The maximum Gasteiger partial charge on any atom is 0.333 e. The van der Waals surface area contributed by atoms with Gasteiger partial charge in [-0.25, -0.2) is 4.68 Å². The first-order valence-corrected chi connectivity index (χ1v) is 5.16. The monoisotopic (exact) mass is 241 g/mol. The Morgan fingerprint density at radius 3 is 2.35 bits per heavy atom. The number of halogens is 2. The predicted octanol–water partition coefficient (Wildman–Crippen LogP) is 1.30. The molecule has 2 rings (SSSR count). The van der Waals surface area contributed by atoms with Crippen molar-refractivity contribution in [3.63, 3.8) is 0 Å². The van der Waals surface area contributed by atoms with Crippen LogP contribution in [-0.4, -0.2) is 19.6 Å². The molecule has 0 aromatic carbocycles. The van der Waals surface area contributed by atoms with Crippen LogP contribution in [0.25, 0.3) is 0 Å². The van der Waals surface area contributed by atoms with Crippen LogP contribution in [0.5, 0.6) is 0 Å². The Hall–Kier alpha value is -1.76. The van der Waals surface area contributed by atoms with Crippen molar-refractivity contribution in [2.45, 2.75) is 19.6 Å². The van der Waals surface area contributed by atoms with Crippen molar-refractivity contribution in [2.75, 3.05) is 0 Å². The molecule has 0 amide bonds. The summed E-state index contributed by atoms with van der Waals surface area (Å²) in [6.07, 6.45) is 3.12. The Kier molecular flexibility index (Phi) is 3.48. The highest BCUT2D eigenvalue weighted by Crippen LogP contribution is 2.08. The number of hydrogen-bond donors (Lipinski definition) is 1. The summed E-state index contributed by atoms with van der Waals surface area (Å²) in [6, 6.07) is 3.46. The van der Waals surface area contributed by atoms with E-state index >= 15 is 0 Å². The second-order valence-electron chi connectivity index (χ2n) is 3.65. The molecule has 0 atom stereocenters. The van der Waals surface area contributed by atoms with Crippen LogP contribution in [0.2, 0.25) is 0 Å². The third-order valence-corrected chi connectivity index (χ3v) is 2.24. The van der Waals surface area contributed by atoms with Crippen LogP contribution in [0, 0.1) is 0 Å². The lowest BCUT2D eigenvalue weighted by Gasteiger charge is -2.00. The van der Waals surface area contributed by atoms with Gasteiger partial charge in [0.1, 0.15) is 0 Å². The molecule has 0 radical (unpaired) electrons. The molecule has 0 bridgehead atoms. The maximum atomic E-state index is 12.2. The quantitative estimate of drug-likeness (QED) is 0.858. The molecule has 2 aromatic heterocycles. The zero-order valence-electron chi connectivity index (χ0n) is 9.35.